The van der Waals surface area contributed by atoms with Crippen LogP contribution in [0.25, 0.3) is 0 Å². The number of nitrogens with zero attached hydrogens (tertiary/aromatic N) is 1. The smallest absolute Gasteiger partial charge is 0.313 e. The summed E-state index contributed by atoms with van der Waals surface area (Å²) < 4.78 is 11.3. The van der Waals surface area contributed by atoms with Gasteiger partial charge in [-0.05, 0) is 30.3 Å². The SMILES string of the molecule is O=[N+]([O-])c1ccc(Oc2ccccc2)c(Cl)c1Oc1ccccc1. The summed E-state index contributed by atoms with van der Waals surface area (Å²) in [6.45, 7) is 0. The van der Waals surface area contributed by atoms with E-state index in [1.54, 1.807) is 36.4 Å². The predicted molar refractivity (Wildman–Crippen MR) is 91.1 cm³/mol. The van der Waals surface area contributed by atoms with E-state index < -0.39 is 4.92 Å². The second-order valence-corrected chi connectivity index (χ2v) is 5.19. The third-order valence-electron chi connectivity index (χ3n) is 3.17. The minimum atomic E-state index is -0.545. The average molecular weight is 342 g/mol. The van der Waals surface area contributed by atoms with Crippen molar-refractivity contribution in [1.82, 2.24) is 0 Å². The van der Waals surface area contributed by atoms with Crippen LogP contribution < -0.4 is 9.47 Å². The highest BCUT2D eigenvalue weighted by molar-refractivity contribution is 6.34. The van der Waals surface area contributed by atoms with Gasteiger partial charge < -0.3 is 9.47 Å². The molecule has 0 spiro atoms. The second-order valence-electron chi connectivity index (χ2n) is 4.81. The van der Waals surface area contributed by atoms with Crippen molar-refractivity contribution in [2.24, 2.45) is 0 Å². The van der Waals surface area contributed by atoms with Gasteiger partial charge >= 0.3 is 5.69 Å². The number of rotatable bonds is 5. The van der Waals surface area contributed by atoms with Crippen molar-refractivity contribution in [3.05, 3.63) is 87.9 Å². The van der Waals surface area contributed by atoms with Crippen molar-refractivity contribution in [3.63, 3.8) is 0 Å². The summed E-state index contributed by atoms with van der Waals surface area (Å²) in [6, 6.07) is 20.5. The average Bonchev–Trinajstić information content (AvgIpc) is 2.60. The van der Waals surface area contributed by atoms with Crippen LogP contribution in [0, 0.1) is 10.1 Å². The van der Waals surface area contributed by atoms with Gasteiger partial charge in [0, 0.05) is 6.07 Å². The van der Waals surface area contributed by atoms with Gasteiger partial charge in [0.2, 0.25) is 5.75 Å². The molecule has 3 aromatic rings. The third-order valence-corrected chi connectivity index (χ3v) is 3.53. The van der Waals surface area contributed by atoms with Crippen molar-refractivity contribution in [1.29, 1.82) is 0 Å². The monoisotopic (exact) mass is 341 g/mol. The van der Waals surface area contributed by atoms with Crippen LogP contribution in [0.1, 0.15) is 0 Å². The highest BCUT2D eigenvalue weighted by atomic mass is 35.5. The van der Waals surface area contributed by atoms with Crippen LogP contribution in [-0.4, -0.2) is 4.92 Å². The van der Waals surface area contributed by atoms with Crippen molar-refractivity contribution in [2.45, 2.75) is 0 Å². The normalized spacial score (nSPS) is 10.2. The number of hydrogen-bond donors (Lipinski definition) is 0. The lowest BCUT2D eigenvalue weighted by Crippen LogP contribution is -1.96. The van der Waals surface area contributed by atoms with Gasteiger partial charge in [0.15, 0.2) is 0 Å². The van der Waals surface area contributed by atoms with Gasteiger partial charge in [-0.2, -0.15) is 0 Å². The Morgan fingerprint density at radius 3 is 1.88 bits per heavy atom. The topological polar surface area (TPSA) is 61.6 Å². The molecule has 0 atom stereocenters. The lowest BCUT2D eigenvalue weighted by atomic mass is 10.2. The Morgan fingerprint density at radius 2 is 1.33 bits per heavy atom. The van der Waals surface area contributed by atoms with Crippen LogP contribution in [0.3, 0.4) is 0 Å². The summed E-state index contributed by atoms with van der Waals surface area (Å²) in [5.41, 5.74) is -0.232. The van der Waals surface area contributed by atoms with E-state index in [2.05, 4.69) is 0 Å². The summed E-state index contributed by atoms with van der Waals surface area (Å²) in [5, 5.41) is 11.3. The highest BCUT2D eigenvalue weighted by Crippen LogP contribution is 2.44. The number of nitro groups is 1. The number of ether oxygens (including phenoxy) is 2. The maximum atomic E-state index is 11.3. The quantitative estimate of drug-likeness (QED) is 0.432. The van der Waals surface area contributed by atoms with E-state index in [0.29, 0.717) is 11.5 Å². The van der Waals surface area contributed by atoms with Crippen LogP contribution in [0.4, 0.5) is 5.69 Å². The number of hydrogen-bond acceptors (Lipinski definition) is 4. The molecule has 0 aliphatic heterocycles. The predicted octanol–water partition coefficient (Wildman–Crippen LogP) is 5.83. The summed E-state index contributed by atoms with van der Waals surface area (Å²) in [7, 11) is 0. The summed E-state index contributed by atoms with van der Waals surface area (Å²) in [6.07, 6.45) is 0. The first-order valence-corrected chi connectivity index (χ1v) is 7.45. The van der Waals surface area contributed by atoms with E-state index in [1.807, 2.05) is 24.3 Å². The molecule has 6 heteroatoms. The molecule has 0 amide bonds. The Morgan fingerprint density at radius 1 is 0.792 bits per heavy atom. The van der Waals surface area contributed by atoms with Crippen molar-refractivity contribution >= 4 is 17.3 Å². The van der Waals surface area contributed by atoms with E-state index in [0.717, 1.165) is 0 Å². The van der Waals surface area contributed by atoms with Gasteiger partial charge in [-0.1, -0.05) is 48.0 Å². The summed E-state index contributed by atoms with van der Waals surface area (Å²) in [4.78, 5) is 10.7. The Bertz CT molecular complexity index is 854. The third kappa shape index (κ3) is 3.47. The minimum Gasteiger partial charge on any atom is -0.456 e. The van der Waals surface area contributed by atoms with E-state index in [4.69, 9.17) is 21.1 Å². The van der Waals surface area contributed by atoms with Crippen molar-refractivity contribution in [3.8, 4) is 23.0 Å². The maximum Gasteiger partial charge on any atom is 0.313 e. The largest absolute Gasteiger partial charge is 0.456 e. The number of halogens is 1. The van der Waals surface area contributed by atoms with E-state index in [9.17, 15) is 10.1 Å². The lowest BCUT2D eigenvalue weighted by Gasteiger charge is -2.12. The zero-order chi connectivity index (χ0) is 16.9. The van der Waals surface area contributed by atoms with Gasteiger partial charge in [-0.3, -0.25) is 10.1 Å². The van der Waals surface area contributed by atoms with Crippen molar-refractivity contribution in [2.75, 3.05) is 0 Å². The van der Waals surface area contributed by atoms with E-state index in [1.165, 1.54) is 12.1 Å². The van der Waals surface area contributed by atoms with Crippen LogP contribution in [0.2, 0.25) is 5.02 Å². The van der Waals surface area contributed by atoms with Crippen LogP contribution in [0.15, 0.2) is 72.8 Å². The minimum absolute atomic E-state index is 0.0388. The van der Waals surface area contributed by atoms with E-state index >= 15 is 0 Å². The fourth-order valence-corrected chi connectivity index (χ4v) is 2.31. The molecule has 0 saturated heterocycles. The fourth-order valence-electron chi connectivity index (χ4n) is 2.07. The van der Waals surface area contributed by atoms with Gasteiger partial charge in [-0.15, -0.1) is 0 Å². The zero-order valence-corrected chi connectivity index (χ0v) is 13.1. The molecule has 0 bridgehead atoms. The molecule has 3 aromatic carbocycles. The molecular weight excluding hydrogens is 330 g/mol. The lowest BCUT2D eigenvalue weighted by molar-refractivity contribution is -0.385. The summed E-state index contributed by atoms with van der Waals surface area (Å²) >= 11 is 6.30. The van der Waals surface area contributed by atoms with Crippen LogP contribution >= 0.6 is 11.6 Å². The molecule has 3 rings (SSSR count). The molecule has 5 nitrogen and oxygen atoms in total. The van der Waals surface area contributed by atoms with E-state index in [-0.39, 0.29) is 22.2 Å². The molecule has 0 saturated carbocycles. The first-order chi connectivity index (χ1) is 11.6. The Balaban J connectivity index is 2.01. The van der Waals surface area contributed by atoms with Gasteiger partial charge in [0.05, 0.1) is 4.92 Å². The zero-order valence-electron chi connectivity index (χ0n) is 12.4. The molecule has 0 aliphatic carbocycles. The molecule has 24 heavy (non-hydrogen) atoms. The van der Waals surface area contributed by atoms with Crippen LogP contribution in [-0.2, 0) is 0 Å². The molecule has 0 heterocycles. The maximum absolute atomic E-state index is 11.3. The molecule has 0 aromatic heterocycles. The Kier molecular flexibility index (Phi) is 4.63. The molecule has 0 fully saturated rings. The second kappa shape index (κ2) is 7.02. The number of para-hydroxylation sites is 2. The first kappa shape index (κ1) is 15.8. The van der Waals surface area contributed by atoms with Gasteiger partial charge in [0.25, 0.3) is 0 Å². The highest BCUT2D eigenvalue weighted by Gasteiger charge is 2.23. The molecular formula is C18H12ClNO4. The van der Waals surface area contributed by atoms with Crippen molar-refractivity contribution < 1.29 is 14.4 Å². The fraction of sp³-hybridized carbons (Fsp3) is 0. The Hall–Kier alpha value is -3.05. The molecule has 120 valence electrons. The molecule has 0 radical (unpaired) electrons. The molecule has 0 unspecified atom stereocenters. The molecule has 0 aliphatic rings. The number of nitro benzene ring substituents is 1. The van der Waals surface area contributed by atoms with Crippen LogP contribution in [0.5, 0.6) is 23.0 Å². The number of benzene rings is 3. The summed E-state index contributed by atoms with van der Waals surface area (Å²) in [5.74, 6) is 1.24. The molecule has 0 N–H and O–H groups in total. The standard InChI is InChI=1S/C18H12ClNO4/c19-17-16(23-13-7-3-1-4-8-13)12-11-15(20(21)22)18(17)24-14-9-5-2-6-10-14/h1-12H. The Labute approximate surface area is 143 Å². The first-order valence-electron chi connectivity index (χ1n) is 7.08. The van der Waals surface area contributed by atoms with Gasteiger partial charge in [-0.25, -0.2) is 0 Å². The van der Waals surface area contributed by atoms with Gasteiger partial charge in [0.1, 0.15) is 22.3 Å².